The zero-order valence-electron chi connectivity index (χ0n) is 7.09. The van der Waals surface area contributed by atoms with Crippen molar-refractivity contribution < 1.29 is 9.63 Å². The third-order valence-corrected chi connectivity index (χ3v) is 1.34. The Morgan fingerprint density at radius 2 is 2.36 bits per heavy atom. The highest BCUT2D eigenvalue weighted by Crippen LogP contribution is 1.93. The molecule has 0 saturated carbocycles. The van der Waals surface area contributed by atoms with Gasteiger partial charge < -0.3 is 5.32 Å². The molecule has 0 radical (unpaired) electrons. The van der Waals surface area contributed by atoms with Gasteiger partial charge in [-0.2, -0.15) is 0 Å². The Kier molecular flexibility index (Phi) is 5.78. The van der Waals surface area contributed by atoms with E-state index in [9.17, 15) is 4.79 Å². The van der Waals surface area contributed by atoms with Gasteiger partial charge in [-0.25, -0.2) is 5.90 Å². The summed E-state index contributed by atoms with van der Waals surface area (Å²) in [5, 5.41) is 2.74. The van der Waals surface area contributed by atoms with E-state index in [0.717, 1.165) is 12.8 Å². The summed E-state index contributed by atoms with van der Waals surface area (Å²) < 4.78 is 0. The lowest BCUT2D eigenvalue weighted by atomic mass is 10.2. The van der Waals surface area contributed by atoms with Crippen molar-refractivity contribution in [1.29, 1.82) is 0 Å². The fraction of sp³-hybridized carbons (Fsp3) is 0.857. The third kappa shape index (κ3) is 5.82. The number of hydrogen-bond acceptors (Lipinski definition) is 3. The van der Waals surface area contributed by atoms with Crippen LogP contribution in [-0.2, 0) is 9.63 Å². The molecule has 0 aliphatic rings. The first-order chi connectivity index (χ1) is 5.20. The number of nitrogens with two attached hydrogens (primary N) is 1. The van der Waals surface area contributed by atoms with Crippen LogP contribution in [0.25, 0.3) is 0 Å². The molecule has 0 fully saturated rings. The Morgan fingerprint density at radius 1 is 1.73 bits per heavy atom. The monoisotopic (exact) mass is 160 g/mol. The van der Waals surface area contributed by atoms with Crippen molar-refractivity contribution in [1.82, 2.24) is 5.32 Å². The van der Waals surface area contributed by atoms with E-state index in [0.29, 0.717) is 0 Å². The van der Waals surface area contributed by atoms with Gasteiger partial charge in [0.05, 0.1) is 0 Å². The quantitative estimate of drug-likeness (QED) is 0.564. The van der Waals surface area contributed by atoms with E-state index in [2.05, 4.69) is 17.1 Å². The zero-order valence-corrected chi connectivity index (χ0v) is 7.09. The smallest absolute Gasteiger partial charge is 0.248 e. The molecule has 0 aromatic rings. The SMILES string of the molecule is CCCC(C)NC(=O)CON. The van der Waals surface area contributed by atoms with Crippen LogP contribution in [0.1, 0.15) is 26.7 Å². The fourth-order valence-electron chi connectivity index (χ4n) is 0.897. The lowest BCUT2D eigenvalue weighted by Crippen LogP contribution is -2.35. The van der Waals surface area contributed by atoms with Crippen molar-refractivity contribution in [3.05, 3.63) is 0 Å². The molecule has 66 valence electrons. The van der Waals surface area contributed by atoms with E-state index >= 15 is 0 Å². The number of hydrogen-bond donors (Lipinski definition) is 2. The number of nitrogens with one attached hydrogen (secondary N) is 1. The number of rotatable bonds is 5. The third-order valence-electron chi connectivity index (χ3n) is 1.34. The van der Waals surface area contributed by atoms with Crippen LogP contribution >= 0.6 is 0 Å². The molecule has 0 aliphatic heterocycles. The average molecular weight is 160 g/mol. The predicted molar refractivity (Wildman–Crippen MR) is 42.7 cm³/mol. The first-order valence-corrected chi connectivity index (χ1v) is 3.81. The van der Waals surface area contributed by atoms with Crippen LogP contribution in [0.15, 0.2) is 0 Å². The van der Waals surface area contributed by atoms with Gasteiger partial charge in [0.25, 0.3) is 0 Å². The highest BCUT2D eigenvalue weighted by Gasteiger charge is 2.04. The van der Waals surface area contributed by atoms with Crippen LogP contribution in [0.4, 0.5) is 0 Å². The normalized spacial score (nSPS) is 12.6. The van der Waals surface area contributed by atoms with Gasteiger partial charge in [0.2, 0.25) is 5.91 Å². The summed E-state index contributed by atoms with van der Waals surface area (Å²) in [7, 11) is 0. The number of amides is 1. The van der Waals surface area contributed by atoms with Crippen LogP contribution in [0, 0.1) is 0 Å². The van der Waals surface area contributed by atoms with E-state index in [1.807, 2.05) is 6.92 Å². The van der Waals surface area contributed by atoms with Crippen molar-refractivity contribution in [2.75, 3.05) is 6.61 Å². The van der Waals surface area contributed by atoms with E-state index in [1.54, 1.807) is 0 Å². The summed E-state index contributed by atoms with van der Waals surface area (Å²) in [6.07, 6.45) is 2.04. The average Bonchev–Trinajstić information content (AvgIpc) is 1.87. The molecule has 0 heterocycles. The Balaban J connectivity index is 3.40. The van der Waals surface area contributed by atoms with Crippen LogP contribution in [-0.4, -0.2) is 18.6 Å². The second-order valence-electron chi connectivity index (χ2n) is 2.57. The van der Waals surface area contributed by atoms with Gasteiger partial charge in [-0.1, -0.05) is 13.3 Å². The molecule has 0 aromatic heterocycles. The molecule has 0 rings (SSSR count). The lowest BCUT2D eigenvalue weighted by molar-refractivity contribution is -0.126. The van der Waals surface area contributed by atoms with Crippen molar-refractivity contribution in [2.45, 2.75) is 32.7 Å². The second-order valence-corrected chi connectivity index (χ2v) is 2.57. The van der Waals surface area contributed by atoms with Gasteiger partial charge in [-0.05, 0) is 13.3 Å². The molecule has 0 aliphatic carbocycles. The van der Waals surface area contributed by atoms with E-state index in [-0.39, 0.29) is 18.6 Å². The maximum atomic E-state index is 10.8. The summed E-state index contributed by atoms with van der Waals surface area (Å²) in [6.45, 7) is 3.97. The van der Waals surface area contributed by atoms with Gasteiger partial charge in [0.1, 0.15) is 6.61 Å². The van der Waals surface area contributed by atoms with E-state index < -0.39 is 0 Å². The zero-order chi connectivity index (χ0) is 8.69. The largest absolute Gasteiger partial charge is 0.352 e. The molecule has 0 aromatic carbocycles. The Morgan fingerprint density at radius 3 is 2.82 bits per heavy atom. The number of carbonyl (C=O) groups excluding carboxylic acids is 1. The minimum atomic E-state index is -0.159. The van der Waals surface area contributed by atoms with Crippen molar-refractivity contribution in [2.24, 2.45) is 5.90 Å². The van der Waals surface area contributed by atoms with Gasteiger partial charge >= 0.3 is 0 Å². The summed E-state index contributed by atoms with van der Waals surface area (Å²) >= 11 is 0. The highest BCUT2D eigenvalue weighted by atomic mass is 16.6. The van der Waals surface area contributed by atoms with Crippen molar-refractivity contribution in [3.8, 4) is 0 Å². The molecule has 4 heteroatoms. The summed E-state index contributed by atoms with van der Waals surface area (Å²) in [5.41, 5.74) is 0. The molecule has 1 atom stereocenters. The number of carbonyl (C=O) groups is 1. The summed E-state index contributed by atoms with van der Waals surface area (Å²) in [4.78, 5) is 15.0. The van der Waals surface area contributed by atoms with Crippen LogP contribution in [0.3, 0.4) is 0 Å². The first kappa shape index (κ1) is 10.4. The first-order valence-electron chi connectivity index (χ1n) is 3.81. The predicted octanol–water partition coefficient (Wildman–Crippen LogP) is 0.181. The maximum Gasteiger partial charge on any atom is 0.248 e. The molecule has 4 nitrogen and oxygen atoms in total. The minimum Gasteiger partial charge on any atom is -0.352 e. The maximum absolute atomic E-state index is 10.8. The van der Waals surface area contributed by atoms with Gasteiger partial charge in [-0.15, -0.1) is 0 Å². The molecule has 11 heavy (non-hydrogen) atoms. The van der Waals surface area contributed by atoms with Gasteiger partial charge in [-0.3, -0.25) is 9.63 Å². The van der Waals surface area contributed by atoms with E-state index in [1.165, 1.54) is 0 Å². The highest BCUT2D eigenvalue weighted by molar-refractivity contribution is 5.77. The molecular formula is C7H16N2O2. The molecule has 0 saturated heterocycles. The second kappa shape index (κ2) is 6.12. The minimum absolute atomic E-state index is 0.0615. The lowest BCUT2D eigenvalue weighted by Gasteiger charge is -2.11. The molecule has 3 N–H and O–H groups in total. The molecule has 0 spiro atoms. The van der Waals surface area contributed by atoms with Gasteiger partial charge in [0.15, 0.2) is 0 Å². The van der Waals surface area contributed by atoms with Crippen molar-refractivity contribution in [3.63, 3.8) is 0 Å². The molecular weight excluding hydrogens is 144 g/mol. The molecule has 0 bridgehead atoms. The fourth-order valence-corrected chi connectivity index (χ4v) is 0.897. The van der Waals surface area contributed by atoms with Crippen LogP contribution in [0.5, 0.6) is 0 Å². The van der Waals surface area contributed by atoms with Crippen molar-refractivity contribution >= 4 is 5.91 Å². The van der Waals surface area contributed by atoms with Crippen LogP contribution in [0.2, 0.25) is 0 Å². The van der Waals surface area contributed by atoms with Crippen LogP contribution < -0.4 is 11.2 Å². The topological polar surface area (TPSA) is 64.3 Å². The van der Waals surface area contributed by atoms with E-state index in [4.69, 9.17) is 5.90 Å². The summed E-state index contributed by atoms with van der Waals surface area (Å²) in [5.74, 6) is 4.56. The standard InChI is InChI=1S/C7H16N2O2/c1-3-4-6(2)9-7(10)5-11-8/h6H,3-5,8H2,1-2H3,(H,9,10). The Hall–Kier alpha value is -0.610. The Bertz CT molecular complexity index is 117. The van der Waals surface area contributed by atoms with Gasteiger partial charge in [0, 0.05) is 6.04 Å². The molecule has 1 amide bonds. The summed E-state index contributed by atoms with van der Waals surface area (Å²) in [6, 6.07) is 0.211. The Labute approximate surface area is 67.0 Å². The molecule has 1 unspecified atom stereocenters.